The second-order valence-corrected chi connectivity index (χ2v) is 2.38. The van der Waals surface area contributed by atoms with Crippen LogP contribution >= 0.6 is 11.6 Å². The Bertz CT molecular complexity index is 237. The standard InChI is InChI=1S/C7H8ClNO/c1-5-4-9-7(10-2)3-6(5)8/h3-4H,1-2H3. The Labute approximate surface area is 64.8 Å². The van der Waals surface area contributed by atoms with Crippen LogP contribution in [0.4, 0.5) is 0 Å². The molecule has 0 aromatic carbocycles. The molecule has 0 bridgehead atoms. The Morgan fingerprint density at radius 3 is 2.80 bits per heavy atom. The summed E-state index contributed by atoms with van der Waals surface area (Å²) >= 11 is 5.77. The van der Waals surface area contributed by atoms with E-state index in [9.17, 15) is 0 Å². The van der Waals surface area contributed by atoms with Crippen LogP contribution in [0.3, 0.4) is 0 Å². The van der Waals surface area contributed by atoms with Crippen LogP contribution < -0.4 is 4.74 Å². The fraction of sp³-hybridized carbons (Fsp3) is 0.286. The highest BCUT2D eigenvalue weighted by Crippen LogP contribution is 2.17. The fourth-order valence-corrected chi connectivity index (χ4v) is 0.735. The van der Waals surface area contributed by atoms with Gasteiger partial charge in [0, 0.05) is 12.3 Å². The lowest BCUT2D eigenvalue weighted by molar-refractivity contribution is 0.398. The Morgan fingerprint density at radius 2 is 2.30 bits per heavy atom. The van der Waals surface area contributed by atoms with Crippen LogP contribution in [0.5, 0.6) is 5.88 Å². The van der Waals surface area contributed by atoms with Crippen LogP contribution in [-0.4, -0.2) is 12.1 Å². The van der Waals surface area contributed by atoms with Gasteiger partial charge in [0.1, 0.15) is 0 Å². The third kappa shape index (κ3) is 1.39. The summed E-state index contributed by atoms with van der Waals surface area (Å²) < 4.78 is 4.85. The van der Waals surface area contributed by atoms with Crippen LogP contribution in [0.15, 0.2) is 12.3 Å². The molecule has 0 radical (unpaired) electrons. The fourth-order valence-electron chi connectivity index (χ4n) is 0.593. The van der Waals surface area contributed by atoms with E-state index < -0.39 is 0 Å². The molecule has 3 heteroatoms. The first kappa shape index (κ1) is 7.35. The molecule has 0 amide bonds. The number of ether oxygens (including phenoxy) is 1. The van der Waals surface area contributed by atoms with Crippen LogP contribution in [0.2, 0.25) is 5.02 Å². The van der Waals surface area contributed by atoms with Gasteiger partial charge in [-0.2, -0.15) is 0 Å². The molecule has 10 heavy (non-hydrogen) atoms. The van der Waals surface area contributed by atoms with Crippen molar-refractivity contribution in [2.45, 2.75) is 6.92 Å². The van der Waals surface area contributed by atoms with E-state index in [1.807, 2.05) is 6.92 Å². The SMILES string of the molecule is COc1cc(Cl)c(C)cn1. The van der Waals surface area contributed by atoms with Crippen LogP contribution in [-0.2, 0) is 0 Å². The van der Waals surface area contributed by atoms with Gasteiger partial charge in [0.25, 0.3) is 0 Å². The maximum Gasteiger partial charge on any atom is 0.214 e. The normalized spacial score (nSPS) is 9.50. The van der Waals surface area contributed by atoms with Gasteiger partial charge in [-0.05, 0) is 12.5 Å². The largest absolute Gasteiger partial charge is 0.481 e. The molecule has 0 aliphatic rings. The minimum absolute atomic E-state index is 0.551. The van der Waals surface area contributed by atoms with Gasteiger partial charge in [0.15, 0.2) is 0 Å². The molecule has 0 spiro atoms. The molecule has 0 aliphatic heterocycles. The zero-order valence-corrected chi connectivity index (χ0v) is 6.64. The van der Waals surface area contributed by atoms with E-state index in [2.05, 4.69) is 4.98 Å². The minimum atomic E-state index is 0.551. The maximum absolute atomic E-state index is 5.77. The van der Waals surface area contributed by atoms with Gasteiger partial charge in [-0.25, -0.2) is 4.98 Å². The van der Waals surface area contributed by atoms with Crippen molar-refractivity contribution in [1.29, 1.82) is 0 Å². The number of rotatable bonds is 1. The van der Waals surface area contributed by atoms with Crippen molar-refractivity contribution in [3.8, 4) is 5.88 Å². The summed E-state index contributed by atoms with van der Waals surface area (Å²) in [4.78, 5) is 3.95. The van der Waals surface area contributed by atoms with Gasteiger partial charge in [0.05, 0.1) is 12.1 Å². The first-order chi connectivity index (χ1) is 4.74. The number of aromatic nitrogens is 1. The molecule has 1 rings (SSSR count). The molecule has 2 nitrogen and oxygen atoms in total. The van der Waals surface area contributed by atoms with Gasteiger partial charge < -0.3 is 4.74 Å². The quantitative estimate of drug-likeness (QED) is 0.623. The van der Waals surface area contributed by atoms with Gasteiger partial charge in [-0.15, -0.1) is 0 Å². The monoisotopic (exact) mass is 157 g/mol. The Morgan fingerprint density at radius 1 is 1.60 bits per heavy atom. The number of aryl methyl sites for hydroxylation is 1. The molecule has 0 atom stereocenters. The molecule has 54 valence electrons. The second kappa shape index (κ2) is 2.88. The smallest absolute Gasteiger partial charge is 0.214 e. The van der Waals surface area contributed by atoms with Crippen LogP contribution in [0.1, 0.15) is 5.56 Å². The zero-order chi connectivity index (χ0) is 7.56. The van der Waals surface area contributed by atoms with Crippen LogP contribution in [0, 0.1) is 6.92 Å². The summed E-state index contributed by atoms with van der Waals surface area (Å²) in [6.45, 7) is 1.90. The average Bonchev–Trinajstić information content (AvgIpc) is 1.95. The Balaban J connectivity index is 3.04. The van der Waals surface area contributed by atoms with Crippen molar-refractivity contribution < 1.29 is 4.74 Å². The molecule has 0 unspecified atom stereocenters. The van der Waals surface area contributed by atoms with Crippen molar-refractivity contribution in [2.75, 3.05) is 7.11 Å². The molecular formula is C7H8ClNO. The molecule has 0 fully saturated rings. The lowest BCUT2D eigenvalue weighted by atomic mass is 10.3. The second-order valence-electron chi connectivity index (χ2n) is 1.98. The predicted octanol–water partition coefficient (Wildman–Crippen LogP) is 2.05. The van der Waals surface area contributed by atoms with E-state index in [0.29, 0.717) is 10.9 Å². The Kier molecular flexibility index (Phi) is 2.12. The molecule has 0 saturated carbocycles. The van der Waals surface area contributed by atoms with Gasteiger partial charge in [-0.3, -0.25) is 0 Å². The summed E-state index contributed by atoms with van der Waals surface area (Å²) in [7, 11) is 1.56. The molecule has 0 aliphatic carbocycles. The van der Waals surface area contributed by atoms with Gasteiger partial charge in [0.2, 0.25) is 5.88 Å². The highest BCUT2D eigenvalue weighted by Gasteiger charge is 1.96. The van der Waals surface area contributed by atoms with E-state index in [4.69, 9.17) is 16.3 Å². The molecule has 1 heterocycles. The summed E-state index contributed by atoms with van der Waals surface area (Å²) in [5.74, 6) is 0.551. The first-order valence-electron chi connectivity index (χ1n) is 2.90. The van der Waals surface area contributed by atoms with E-state index in [1.165, 1.54) is 0 Å². The lowest BCUT2D eigenvalue weighted by Crippen LogP contribution is -1.87. The average molecular weight is 158 g/mol. The van der Waals surface area contributed by atoms with Crippen LogP contribution in [0.25, 0.3) is 0 Å². The number of hydrogen-bond acceptors (Lipinski definition) is 2. The van der Waals surface area contributed by atoms with Crippen molar-refractivity contribution in [2.24, 2.45) is 0 Å². The van der Waals surface area contributed by atoms with Crippen molar-refractivity contribution in [3.63, 3.8) is 0 Å². The number of methoxy groups -OCH3 is 1. The summed E-state index contributed by atoms with van der Waals surface area (Å²) in [5, 5.41) is 0.687. The zero-order valence-electron chi connectivity index (χ0n) is 5.89. The molecule has 0 N–H and O–H groups in total. The maximum atomic E-state index is 5.77. The highest BCUT2D eigenvalue weighted by molar-refractivity contribution is 6.31. The topological polar surface area (TPSA) is 22.1 Å². The van der Waals surface area contributed by atoms with Gasteiger partial charge >= 0.3 is 0 Å². The summed E-state index contributed by atoms with van der Waals surface area (Å²) in [6.07, 6.45) is 1.68. The highest BCUT2D eigenvalue weighted by atomic mass is 35.5. The number of pyridine rings is 1. The number of halogens is 1. The minimum Gasteiger partial charge on any atom is -0.481 e. The van der Waals surface area contributed by atoms with E-state index in [-0.39, 0.29) is 0 Å². The molecule has 0 saturated heterocycles. The lowest BCUT2D eigenvalue weighted by Gasteiger charge is -1.99. The third-order valence-electron chi connectivity index (χ3n) is 1.22. The number of hydrogen-bond donors (Lipinski definition) is 0. The summed E-state index contributed by atoms with van der Waals surface area (Å²) in [5.41, 5.74) is 0.961. The summed E-state index contributed by atoms with van der Waals surface area (Å²) in [6, 6.07) is 1.69. The third-order valence-corrected chi connectivity index (χ3v) is 1.63. The number of nitrogens with zero attached hydrogens (tertiary/aromatic N) is 1. The van der Waals surface area contributed by atoms with Crippen molar-refractivity contribution in [1.82, 2.24) is 4.98 Å². The van der Waals surface area contributed by atoms with Crippen molar-refractivity contribution in [3.05, 3.63) is 22.8 Å². The van der Waals surface area contributed by atoms with E-state index in [0.717, 1.165) is 5.56 Å². The van der Waals surface area contributed by atoms with E-state index >= 15 is 0 Å². The molecule has 1 aromatic heterocycles. The molecule has 1 aromatic rings. The van der Waals surface area contributed by atoms with E-state index in [1.54, 1.807) is 19.4 Å². The van der Waals surface area contributed by atoms with Gasteiger partial charge in [-0.1, -0.05) is 11.6 Å². The predicted molar refractivity (Wildman–Crippen MR) is 40.5 cm³/mol. The molecular weight excluding hydrogens is 150 g/mol. The first-order valence-corrected chi connectivity index (χ1v) is 3.28. The Hall–Kier alpha value is -0.760. The van der Waals surface area contributed by atoms with Crippen molar-refractivity contribution >= 4 is 11.6 Å².